The van der Waals surface area contributed by atoms with Gasteiger partial charge in [-0.25, -0.2) is 36.3 Å². The van der Waals surface area contributed by atoms with E-state index < -0.39 is 57.1 Å². The van der Waals surface area contributed by atoms with E-state index in [-0.39, 0.29) is 33.1 Å². The van der Waals surface area contributed by atoms with Crippen LogP contribution in [0.5, 0.6) is 0 Å². The standard InChI is InChI=1S/C36H10F6N4O2/c37-19-9-21-31(29(41)27(19)39)43-33-15-5-1-11-12-2-6-16-26-18(36(48)46-22-10-20(38)28(40)30(42)32(22)44-34(16)46)8-4-14(24(12)26)13-3-7-17(25(15)23(11)13)35(47)45(21)33/h1-10H. The first-order chi connectivity index (χ1) is 23.2. The van der Waals surface area contributed by atoms with Crippen LogP contribution in [0.1, 0.15) is 0 Å². The molecule has 0 radical (unpaired) electrons. The average molecular weight is 644 g/mol. The van der Waals surface area contributed by atoms with Gasteiger partial charge in [-0.2, -0.15) is 0 Å². The van der Waals surface area contributed by atoms with Crippen molar-refractivity contribution in [3.05, 3.63) is 116 Å². The summed E-state index contributed by atoms with van der Waals surface area (Å²) in [5.41, 5.74) is -2.44. The fourth-order valence-corrected chi connectivity index (χ4v) is 7.87. The first-order valence-electron chi connectivity index (χ1n) is 14.6. The number of hydrogen-bond donors (Lipinski definition) is 0. The Morgan fingerprint density at radius 3 is 1.10 bits per heavy atom. The molecule has 4 heterocycles. The molecular formula is C36H10F6N4O2. The van der Waals surface area contributed by atoms with Crippen LogP contribution in [0.3, 0.4) is 0 Å². The van der Waals surface area contributed by atoms with Crippen molar-refractivity contribution >= 4 is 98.0 Å². The fourth-order valence-electron chi connectivity index (χ4n) is 7.87. The summed E-state index contributed by atoms with van der Waals surface area (Å²) in [5, 5.41) is 6.69. The van der Waals surface area contributed by atoms with Gasteiger partial charge in [-0.15, -0.1) is 0 Å². The third-order valence-electron chi connectivity index (χ3n) is 9.82. The summed E-state index contributed by atoms with van der Waals surface area (Å²) in [6.07, 6.45) is 0. The molecule has 0 atom stereocenters. The average Bonchev–Trinajstić information content (AvgIpc) is 3.67. The Morgan fingerprint density at radius 2 is 0.729 bits per heavy atom. The van der Waals surface area contributed by atoms with Crippen LogP contribution < -0.4 is 11.1 Å². The lowest BCUT2D eigenvalue weighted by molar-refractivity contribution is 0.452. The zero-order valence-electron chi connectivity index (χ0n) is 23.6. The van der Waals surface area contributed by atoms with Gasteiger partial charge in [0.2, 0.25) is 0 Å². The van der Waals surface area contributed by atoms with Crippen molar-refractivity contribution in [3.63, 3.8) is 0 Å². The summed E-state index contributed by atoms with van der Waals surface area (Å²) < 4.78 is 88.7. The van der Waals surface area contributed by atoms with E-state index in [9.17, 15) is 35.9 Å². The summed E-state index contributed by atoms with van der Waals surface area (Å²) >= 11 is 0. The summed E-state index contributed by atoms with van der Waals surface area (Å²) in [6.45, 7) is 0. The molecular weight excluding hydrogens is 634 g/mol. The molecule has 0 spiro atoms. The summed E-state index contributed by atoms with van der Waals surface area (Å²) in [6, 6.07) is 15.2. The number of fused-ring (bicyclic) bond motifs is 10. The Labute approximate surface area is 259 Å². The molecule has 11 aromatic rings. The SMILES string of the molecule is O=c1c2ccc3c4ccc5c(=O)n6c7cc(F)c(F)c(F)c7nc6c6ccc(c7ccc(c2c37)c2nc3c(F)c(F)c(F)cc3n12)c4c56. The number of pyridine rings is 2. The molecule has 12 heteroatoms. The van der Waals surface area contributed by atoms with Gasteiger partial charge in [0.25, 0.3) is 11.1 Å². The van der Waals surface area contributed by atoms with Crippen LogP contribution in [-0.4, -0.2) is 18.8 Å². The van der Waals surface area contributed by atoms with Crippen molar-refractivity contribution in [2.45, 2.75) is 0 Å². The van der Waals surface area contributed by atoms with Gasteiger partial charge in [-0.1, -0.05) is 24.3 Å². The first kappa shape index (κ1) is 25.8. The molecule has 48 heavy (non-hydrogen) atoms. The number of imidazole rings is 2. The smallest absolute Gasteiger partial charge is 0.264 e. The lowest BCUT2D eigenvalue weighted by Crippen LogP contribution is -2.14. The predicted octanol–water partition coefficient (Wildman–Crippen LogP) is 8.08. The minimum absolute atomic E-state index is 0.0377. The Hall–Kier alpha value is -6.30. The third kappa shape index (κ3) is 2.65. The van der Waals surface area contributed by atoms with Crippen LogP contribution in [0.4, 0.5) is 26.3 Å². The Balaban J connectivity index is 1.35. The van der Waals surface area contributed by atoms with E-state index in [2.05, 4.69) is 9.97 Å². The Morgan fingerprint density at radius 1 is 0.417 bits per heavy atom. The molecule has 0 aliphatic carbocycles. The zero-order valence-corrected chi connectivity index (χ0v) is 23.6. The van der Waals surface area contributed by atoms with Crippen LogP contribution in [0.25, 0.3) is 98.0 Å². The lowest BCUT2D eigenvalue weighted by Gasteiger charge is -2.18. The number of benzene rings is 7. The molecule has 0 bridgehead atoms. The second-order valence-corrected chi connectivity index (χ2v) is 12.0. The molecule has 0 aliphatic rings. The van der Waals surface area contributed by atoms with E-state index in [1.54, 1.807) is 48.5 Å². The van der Waals surface area contributed by atoms with Crippen molar-refractivity contribution in [2.75, 3.05) is 0 Å². The highest BCUT2D eigenvalue weighted by Gasteiger charge is 2.27. The van der Waals surface area contributed by atoms with Crippen molar-refractivity contribution in [3.8, 4) is 0 Å². The molecule has 11 rings (SSSR count). The zero-order chi connectivity index (χ0) is 32.7. The van der Waals surface area contributed by atoms with Crippen LogP contribution in [0.2, 0.25) is 0 Å². The molecule has 0 aliphatic heterocycles. The fraction of sp³-hybridized carbons (Fsp3) is 0. The van der Waals surface area contributed by atoms with E-state index in [0.717, 1.165) is 20.9 Å². The van der Waals surface area contributed by atoms with Crippen molar-refractivity contribution in [1.29, 1.82) is 0 Å². The minimum Gasteiger partial charge on any atom is -0.268 e. The quantitative estimate of drug-likeness (QED) is 0.0725. The van der Waals surface area contributed by atoms with Gasteiger partial charge in [0.1, 0.15) is 22.3 Å². The first-order valence-corrected chi connectivity index (χ1v) is 14.6. The second-order valence-electron chi connectivity index (χ2n) is 12.0. The van der Waals surface area contributed by atoms with Crippen molar-refractivity contribution in [2.24, 2.45) is 0 Å². The summed E-state index contributed by atoms with van der Waals surface area (Å²) in [4.78, 5) is 36.4. The maximum absolute atomic E-state index is 14.8. The maximum atomic E-state index is 14.8. The predicted molar refractivity (Wildman–Crippen MR) is 170 cm³/mol. The monoisotopic (exact) mass is 644 g/mol. The van der Waals surface area contributed by atoms with Crippen LogP contribution in [-0.2, 0) is 0 Å². The largest absolute Gasteiger partial charge is 0.268 e. The van der Waals surface area contributed by atoms with E-state index in [0.29, 0.717) is 53.9 Å². The van der Waals surface area contributed by atoms with Gasteiger partial charge < -0.3 is 0 Å². The van der Waals surface area contributed by atoms with Crippen LogP contribution in [0.15, 0.2) is 70.3 Å². The van der Waals surface area contributed by atoms with Gasteiger partial charge in [0, 0.05) is 44.5 Å². The van der Waals surface area contributed by atoms with Crippen molar-refractivity contribution in [1.82, 2.24) is 18.8 Å². The van der Waals surface area contributed by atoms with E-state index >= 15 is 0 Å². The summed E-state index contributed by atoms with van der Waals surface area (Å²) in [7, 11) is 0. The minimum atomic E-state index is -1.68. The molecule has 0 saturated heterocycles. The van der Waals surface area contributed by atoms with Crippen LogP contribution in [0, 0.1) is 34.9 Å². The third-order valence-corrected chi connectivity index (χ3v) is 9.82. The van der Waals surface area contributed by atoms with Gasteiger partial charge >= 0.3 is 0 Å². The normalized spacial score (nSPS) is 13.0. The van der Waals surface area contributed by atoms with Gasteiger partial charge in [0.05, 0.1) is 11.0 Å². The second kappa shape index (κ2) is 7.97. The van der Waals surface area contributed by atoms with Crippen LogP contribution >= 0.6 is 0 Å². The number of hydrogen-bond acceptors (Lipinski definition) is 4. The Kier molecular flexibility index (Phi) is 4.29. The van der Waals surface area contributed by atoms with Gasteiger partial charge in [0.15, 0.2) is 34.9 Å². The number of halogens is 6. The molecule has 7 aromatic carbocycles. The highest BCUT2D eigenvalue weighted by molar-refractivity contribution is 6.40. The molecule has 4 aromatic heterocycles. The molecule has 0 amide bonds. The topological polar surface area (TPSA) is 68.7 Å². The van der Waals surface area contributed by atoms with Gasteiger partial charge in [-0.3, -0.25) is 18.4 Å². The number of rotatable bonds is 0. The Bertz CT molecular complexity index is 3220. The highest BCUT2D eigenvalue weighted by atomic mass is 19.2. The molecule has 0 saturated carbocycles. The van der Waals surface area contributed by atoms with E-state index in [4.69, 9.17) is 0 Å². The van der Waals surface area contributed by atoms with Crippen molar-refractivity contribution < 1.29 is 26.3 Å². The number of nitrogens with zero attached hydrogens (tertiary/aromatic N) is 4. The van der Waals surface area contributed by atoms with Gasteiger partial charge in [-0.05, 0) is 56.6 Å². The maximum Gasteiger partial charge on any atom is 0.264 e. The molecule has 0 N–H and O–H groups in total. The summed E-state index contributed by atoms with van der Waals surface area (Å²) in [5.74, 6) is -9.24. The lowest BCUT2D eigenvalue weighted by atomic mass is 9.86. The van der Waals surface area contributed by atoms with E-state index in [1.165, 1.54) is 0 Å². The van der Waals surface area contributed by atoms with E-state index in [1.807, 2.05) is 0 Å². The highest BCUT2D eigenvalue weighted by Crippen LogP contribution is 2.46. The molecule has 6 nitrogen and oxygen atoms in total. The molecule has 0 fully saturated rings. The number of aromatic nitrogens is 4. The molecule has 228 valence electrons. The molecule has 0 unspecified atom stereocenters.